The molecule has 5 nitrogen and oxygen atoms in total. The van der Waals surface area contributed by atoms with Crippen molar-refractivity contribution in [3.63, 3.8) is 0 Å². The smallest absolute Gasteiger partial charge is 0.222 e. The first kappa shape index (κ1) is 12.9. The first-order valence-electron chi connectivity index (χ1n) is 6.51. The van der Waals surface area contributed by atoms with Gasteiger partial charge in [0.2, 0.25) is 5.95 Å². The molecule has 0 bridgehead atoms. The number of nitriles is 1. The predicted molar refractivity (Wildman–Crippen MR) is 83.0 cm³/mol. The Hall–Kier alpha value is -3.13. The first-order valence-corrected chi connectivity index (χ1v) is 6.51. The molecule has 102 valence electrons. The summed E-state index contributed by atoms with van der Waals surface area (Å²) in [6, 6.07) is 17.5. The summed E-state index contributed by atoms with van der Waals surface area (Å²) >= 11 is 0. The van der Waals surface area contributed by atoms with E-state index in [0.29, 0.717) is 12.2 Å². The van der Waals surface area contributed by atoms with Gasteiger partial charge in [0.15, 0.2) is 0 Å². The number of nitrogens with two attached hydrogens (primary N) is 1. The zero-order valence-corrected chi connectivity index (χ0v) is 11.2. The molecule has 0 spiro atoms. The molecule has 2 aromatic carbocycles. The third kappa shape index (κ3) is 2.74. The normalized spacial score (nSPS) is 10.2. The van der Waals surface area contributed by atoms with Gasteiger partial charge in [0, 0.05) is 11.1 Å². The van der Waals surface area contributed by atoms with E-state index < -0.39 is 0 Å². The van der Waals surface area contributed by atoms with Crippen LogP contribution in [0.15, 0.2) is 48.5 Å². The number of fused-ring (bicyclic) bond motifs is 1. The van der Waals surface area contributed by atoms with Gasteiger partial charge in [0.05, 0.1) is 18.0 Å². The van der Waals surface area contributed by atoms with Crippen molar-refractivity contribution in [2.45, 2.75) is 6.42 Å². The molecule has 1 aromatic heterocycles. The fourth-order valence-corrected chi connectivity index (χ4v) is 2.12. The van der Waals surface area contributed by atoms with E-state index in [2.05, 4.69) is 21.4 Å². The van der Waals surface area contributed by atoms with E-state index in [1.54, 1.807) is 0 Å². The maximum Gasteiger partial charge on any atom is 0.222 e. The number of benzene rings is 2. The number of nitrogen functional groups attached to an aromatic ring is 1. The lowest BCUT2D eigenvalue weighted by Crippen LogP contribution is -2.01. The minimum absolute atomic E-state index is 0.234. The minimum atomic E-state index is 0.234. The van der Waals surface area contributed by atoms with Crippen molar-refractivity contribution in [3.8, 4) is 6.07 Å². The van der Waals surface area contributed by atoms with Crippen LogP contribution < -0.4 is 11.1 Å². The molecule has 3 N–H and O–H groups in total. The highest BCUT2D eigenvalue weighted by Crippen LogP contribution is 2.24. The van der Waals surface area contributed by atoms with Gasteiger partial charge >= 0.3 is 0 Å². The van der Waals surface area contributed by atoms with Crippen LogP contribution in [-0.2, 0) is 6.42 Å². The largest absolute Gasteiger partial charge is 0.368 e. The van der Waals surface area contributed by atoms with E-state index in [1.807, 2.05) is 48.5 Å². The molecule has 0 aliphatic heterocycles. The Morgan fingerprint density at radius 1 is 1.05 bits per heavy atom. The lowest BCUT2D eigenvalue weighted by atomic mass is 10.1. The van der Waals surface area contributed by atoms with Gasteiger partial charge < -0.3 is 11.1 Å². The van der Waals surface area contributed by atoms with E-state index in [4.69, 9.17) is 11.0 Å². The van der Waals surface area contributed by atoms with Crippen molar-refractivity contribution < 1.29 is 0 Å². The van der Waals surface area contributed by atoms with Crippen molar-refractivity contribution in [2.75, 3.05) is 11.1 Å². The molecule has 5 heteroatoms. The Morgan fingerprint density at radius 3 is 2.57 bits per heavy atom. The highest BCUT2D eigenvalue weighted by Gasteiger charge is 2.06. The topological polar surface area (TPSA) is 87.6 Å². The SMILES string of the molecule is N#CCc1ccc(Nc2nc(N)nc3ccccc23)cc1. The average molecular weight is 275 g/mol. The number of anilines is 3. The summed E-state index contributed by atoms with van der Waals surface area (Å²) < 4.78 is 0. The van der Waals surface area contributed by atoms with Gasteiger partial charge in [-0.05, 0) is 29.8 Å². The average Bonchev–Trinajstić information content (AvgIpc) is 2.49. The lowest BCUT2D eigenvalue weighted by molar-refractivity contribution is 1.23. The second kappa shape index (κ2) is 5.47. The number of nitrogens with one attached hydrogen (secondary N) is 1. The molecule has 0 aliphatic carbocycles. The van der Waals surface area contributed by atoms with Crippen LogP contribution in [-0.4, -0.2) is 9.97 Å². The Balaban J connectivity index is 1.96. The number of nitrogens with zero attached hydrogens (tertiary/aromatic N) is 3. The summed E-state index contributed by atoms with van der Waals surface area (Å²) in [5, 5.41) is 12.8. The first-order chi connectivity index (χ1) is 10.3. The van der Waals surface area contributed by atoms with E-state index in [9.17, 15) is 0 Å². The molecule has 0 amide bonds. The van der Waals surface area contributed by atoms with Crippen LogP contribution in [0.3, 0.4) is 0 Å². The van der Waals surface area contributed by atoms with Gasteiger partial charge in [-0.1, -0.05) is 24.3 Å². The highest BCUT2D eigenvalue weighted by atomic mass is 15.1. The Labute approximate surface area is 122 Å². The molecular formula is C16H13N5. The minimum Gasteiger partial charge on any atom is -0.368 e. The van der Waals surface area contributed by atoms with Crippen LogP contribution in [0.4, 0.5) is 17.5 Å². The zero-order valence-electron chi connectivity index (χ0n) is 11.2. The van der Waals surface area contributed by atoms with Crippen LogP contribution >= 0.6 is 0 Å². The molecule has 3 rings (SSSR count). The lowest BCUT2D eigenvalue weighted by Gasteiger charge is -2.09. The maximum absolute atomic E-state index is 8.68. The number of rotatable bonds is 3. The number of hydrogen-bond donors (Lipinski definition) is 2. The standard InChI is InChI=1S/C16H13N5/c17-10-9-11-5-7-12(8-6-11)19-15-13-3-1-2-4-14(13)20-16(18)21-15/h1-8H,9H2,(H3,18,19,20,21). The molecule has 3 aromatic rings. The van der Waals surface area contributed by atoms with Gasteiger partial charge in [-0.3, -0.25) is 0 Å². The third-order valence-corrected chi connectivity index (χ3v) is 3.12. The molecule has 0 saturated heterocycles. The maximum atomic E-state index is 8.68. The number of aromatic nitrogens is 2. The van der Waals surface area contributed by atoms with Gasteiger partial charge in [-0.2, -0.15) is 10.2 Å². The van der Waals surface area contributed by atoms with Gasteiger partial charge in [-0.15, -0.1) is 0 Å². The molecule has 0 aliphatic rings. The molecule has 0 radical (unpaired) electrons. The van der Waals surface area contributed by atoms with Crippen molar-refractivity contribution >= 4 is 28.4 Å². The fraction of sp³-hybridized carbons (Fsp3) is 0.0625. The van der Waals surface area contributed by atoms with Crippen LogP contribution in [0.5, 0.6) is 0 Å². The quantitative estimate of drug-likeness (QED) is 0.767. The Kier molecular flexibility index (Phi) is 3.36. The summed E-state index contributed by atoms with van der Waals surface area (Å²) in [5.74, 6) is 0.906. The Morgan fingerprint density at radius 2 is 1.81 bits per heavy atom. The molecule has 21 heavy (non-hydrogen) atoms. The molecule has 0 unspecified atom stereocenters. The summed E-state index contributed by atoms with van der Waals surface area (Å²) in [4.78, 5) is 8.47. The summed E-state index contributed by atoms with van der Waals surface area (Å²) in [5.41, 5.74) is 8.41. The van der Waals surface area contributed by atoms with Crippen LogP contribution in [0.2, 0.25) is 0 Å². The zero-order chi connectivity index (χ0) is 14.7. The highest BCUT2D eigenvalue weighted by molar-refractivity contribution is 5.91. The summed E-state index contributed by atoms with van der Waals surface area (Å²) in [6.07, 6.45) is 0.406. The molecular weight excluding hydrogens is 262 g/mol. The summed E-state index contributed by atoms with van der Waals surface area (Å²) in [6.45, 7) is 0. The third-order valence-electron chi connectivity index (χ3n) is 3.12. The second-order valence-electron chi connectivity index (χ2n) is 4.60. The predicted octanol–water partition coefficient (Wildman–Crippen LogP) is 3.02. The van der Waals surface area contributed by atoms with Crippen LogP contribution in [0.1, 0.15) is 5.56 Å². The number of para-hydroxylation sites is 1. The number of hydrogen-bond acceptors (Lipinski definition) is 5. The Bertz CT molecular complexity index is 818. The molecule has 0 atom stereocenters. The van der Waals surface area contributed by atoms with Crippen molar-refractivity contribution in [1.29, 1.82) is 5.26 Å². The fourth-order valence-electron chi connectivity index (χ4n) is 2.12. The van der Waals surface area contributed by atoms with E-state index in [1.165, 1.54) is 0 Å². The van der Waals surface area contributed by atoms with Gasteiger partial charge in [0.1, 0.15) is 5.82 Å². The molecule has 1 heterocycles. The second-order valence-corrected chi connectivity index (χ2v) is 4.60. The van der Waals surface area contributed by atoms with E-state index in [0.717, 1.165) is 22.2 Å². The monoisotopic (exact) mass is 275 g/mol. The van der Waals surface area contributed by atoms with E-state index in [-0.39, 0.29) is 5.95 Å². The molecule has 0 saturated carbocycles. The van der Waals surface area contributed by atoms with E-state index >= 15 is 0 Å². The van der Waals surface area contributed by atoms with Gasteiger partial charge in [0.25, 0.3) is 0 Å². The van der Waals surface area contributed by atoms with Crippen molar-refractivity contribution in [2.24, 2.45) is 0 Å². The summed E-state index contributed by atoms with van der Waals surface area (Å²) in [7, 11) is 0. The van der Waals surface area contributed by atoms with Crippen LogP contribution in [0.25, 0.3) is 10.9 Å². The van der Waals surface area contributed by atoms with Crippen molar-refractivity contribution in [1.82, 2.24) is 9.97 Å². The van der Waals surface area contributed by atoms with Crippen LogP contribution in [0, 0.1) is 11.3 Å². The molecule has 0 fully saturated rings. The van der Waals surface area contributed by atoms with Gasteiger partial charge in [-0.25, -0.2) is 4.98 Å². The van der Waals surface area contributed by atoms with Crippen molar-refractivity contribution in [3.05, 3.63) is 54.1 Å².